The highest BCUT2D eigenvalue weighted by atomic mass is 35.5. The molecule has 5 atom stereocenters. The van der Waals surface area contributed by atoms with Crippen molar-refractivity contribution in [2.45, 2.75) is 63.7 Å². The molecule has 2 aliphatic heterocycles. The van der Waals surface area contributed by atoms with Crippen LogP contribution < -0.4 is 26.6 Å². The lowest BCUT2D eigenvalue weighted by Crippen LogP contribution is -2.52. The molecule has 5 aromatic rings. The molecule has 0 aliphatic carbocycles. The Balaban J connectivity index is 0.00000869. The van der Waals surface area contributed by atoms with Gasteiger partial charge in [0, 0.05) is 83.0 Å². The summed E-state index contributed by atoms with van der Waals surface area (Å²) < 4.78 is 19.5. The number of terminal acetylenes is 1. The zero-order chi connectivity index (χ0) is 51.0. The fraction of sp³-hybridized carbons (Fsp3) is 0.574. The van der Waals surface area contributed by atoms with E-state index >= 15 is 0 Å². The summed E-state index contributed by atoms with van der Waals surface area (Å²) in [7, 11) is 0. The maximum absolute atomic E-state index is 14.6. The number of carboxylic acid groups (broad SMARTS) is 1. The van der Waals surface area contributed by atoms with Crippen molar-refractivity contribution in [2.75, 3.05) is 120 Å². The molecule has 2 unspecified atom stereocenters. The predicted octanol–water partition coefficient (Wildman–Crippen LogP) is 0.978. The summed E-state index contributed by atoms with van der Waals surface area (Å²) in [5.74, 6) is 2.26. The SMILES string of the molecule is C#CCOCCOCCOCCNc1nc(N2CCN(C(=O)[C@@H](Cc3cc4ccccc4[nH]3)n3cc(C(N)[C@H](C)CC)nn3)CC2)nc(N2CCN(C(=O)[C@H](CCC(=O)O)n3cc(C(N)CO)nn3)CC2)n1.Cl. The number of aromatic nitrogens is 10. The zero-order valence-electron chi connectivity index (χ0n) is 41.4. The number of anilines is 3. The van der Waals surface area contributed by atoms with Crippen LogP contribution in [0.1, 0.15) is 74.4 Å². The van der Waals surface area contributed by atoms with Crippen LogP contribution in [0, 0.1) is 18.3 Å². The first kappa shape index (κ1) is 55.8. The number of aliphatic hydroxyl groups excluding tert-OH is 1. The van der Waals surface area contributed by atoms with E-state index in [1.807, 2.05) is 39.0 Å². The van der Waals surface area contributed by atoms with E-state index in [1.165, 1.54) is 10.9 Å². The molecule has 26 heteroatoms. The Hall–Kier alpha value is -6.53. The van der Waals surface area contributed by atoms with Gasteiger partial charge in [-0.05, 0) is 29.9 Å². The summed E-state index contributed by atoms with van der Waals surface area (Å²) in [6, 6.07) is 7.29. The van der Waals surface area contributed by atoms with Crippen molar-refractivity contribution in [3.63, 3.8) is 0 Å². The Labute approximate surface area is 429 Å². The van der Waals surface area contributed by atoms with Gasteiger partial charge in [0.1, 0.15) is 24.4 Å². The Morgan fingerprint density at radius 2 is 1.40 bits per heavy atom. The number of carbonyl (C=O) groups excluding carboxylic acids is 2. The highest BCUT2D eigenvalue weighted by Gasteiger charge is 2.34. The number of aliphatic hydroxyl groups is 1. The van der Waals surface area contributed by atoms with Crippen molar-refractivity contribution < 1.29 is 38.8 Å². The number of benzene rings is 1. The summed E-state index contributed by atoms with van der Waals surface area (Å²) in [5.41, 5.74) is 15.3. The molecular formula is C47H68ClN17O8. The minimum atomic E-state index is -1.05. The summed E-state index contributed by atoms with van der Waals surface area (Å²) in [5, 5.41) is 40.3. The monoisotopic (exact) mass is 1030 g/mol. The lowest BCUT2D eigenvalue weighted by molar-refractivity contribution is -0.139. The van der Waals surface area contributed by atoms with Gasteiger partial charge in [-0.25, -0.2) is 9.36 Å². The van der Waals surface area contributed by atoms with Crippen molar-refractivity contribution >= 4 is 58.9 Å². The molecule has 2 amide bonds. The average Bonchev–Trinajstić information content (AvgIpc) is 4.20. The highest BCUT2D eigenvalue weighted by Crippen LogP contribution is 2.27. The van der Waals surface area contributed by atoms with E-state index in [-0.39, 0.29) is 81.0 Å². The van der Waals surface area contributed by atoms with E-state index in [1.54, 1.807) is 15.8 Å². The Morgan fingerprint density at radius 1 is 0.822 bits per heavy atom. The number of H-pyrrole nitrogens is 1. The molecule has 6 heterocycles. The molecule has 2 fully saturated rings. The van der Waals surface area contributed by atoms with E-state index in [2.05, 4.69) is 56.8 Å². The molecule has 0 spiro atoms. The number of nitrogens with zero attached hydrogens (tertiary/aromatic N) is 13. The van der Waals surface area contributed by atoms with Crippen LogP contribution in [0.15, 0.2) is 42.7 Å². The van der Waals surface area contributed by atoms with Gasteiger partial charge in [0.2, 0.25) is 29.7 Å². The van der Waals surface area contributed by atoms with Gasteiger partial charge in [-0.1, -0.05) is 54.8 Å². The first-order chi connectivity index (χ1) is 35.0. The number of amides is 2. The van der Waals surface area contributed by atoms with Crippen LogP contribution in [0.2, 0.25) is 0 Å². The topological polar surface area (TPSA) is 312 Å². The van der Waals surface area contributed by atoms with E-state index in [4.69, 9.17) is 47.1 Å². The second-order valence-electron chi connectivity index (χ2n) is 17.8. The molecule has 1 aromatic carbocycles. The van der Waals surface area contributed by atoms with Gasteiger partial charge in [0.25, 0.3) is 0 Å². The first-order valence-electron chi connectivity index (χ1n) is 24.4. The molecule has 0 bridgehead atoms. The summed E-state index contributed by atoms with van der Waals surface area (Å²) >= 11 is 0. The zero-order valence-corrected chi connectivity index (χ0v) is 42.2. The number of aromatic amines is 1. The summed E-state index contributed by atoms with van der Waals surface area (Å²) in [4.78, 5) is 65.7. The number of piperazine rings is 2. The fourth-order valence-electron chi connectivity index (χ4n) is 8.42. The Kier molecular flexibility index (Phi) is 21.0. The van der Waals surface area contributed by atoms with Crippen molar-refractivity contribution in [2.24, 2.45) is 17.4 Å². The third-order valence-corrected chi connectivity index (χ3v) is 12.9. The quantitative estimate of drug-likeness (QED) is 0.0315. The van der Waals surface area contributed by atoms with E-state index < -0.39 is 24.1 Å². The number of fused-ring (bicyclic) bond motifs is 1. The van der Waals surface area contributed by atoms with Crippen LogP contribution in [0.4, 0.5) is 17.8 Å². The van der Waals surface area contributed by atoms with Crippen molar-refractivity contribution in [3.8, 4) is 12.3 Å². The molecule has 8 N–H and O–H groups in total. The van der Waals surface area contributed by atoms with Crippen molar-refractivity contribution in [3.05, 3.63) is 59.8 Å². The van der Waals surface area contributed by atoms with E-state index in [0.29, 0.717) is 109 Å². The number of para-hydroxylation sites is 1. The number of nitrogens with two attached hydrogens (primary N) is 2. The van der Waals surface area contributed by atoms with Gasteiger partial charge in [-0.15, -0.1) is 29.0 Å². The fourth-order valence-corrected chi connectivity index (χ4v) is 8.42. The summed E-state index contributed by atoms with van der Waals surface area (Å²) in [6.45, 7) is 9.22. The maximum atomic E-state index is 14.6. The summed E-state index contributed by atoms with van der Waals surface area (Å²) in [6.07, 6.45) is 9.42. The van der Waals surface area contributed by atoms with Gasteiger partial charge in [0.15, 0.2) is 0 Å². The van der Waals surface area contributed by atoms with Crippen LogP contribution >= 0.6 is 12.4 Å². The van der Waals surface area contributed by atoms with Crippen molar-refractivity contribution in [1.82, 2.24) is 59.7 Å². The van der Waals surface area contributed by atoms with E-state index in [0.717, 1.165) is 23.0 Å². The lowest BCUT2D eigenvalue weighted by atomic mass is 9.98. The van der Waals surface area contributed by atoms with Crippen LogP contribution in [0.25, 0.3) is 10.9 Å². The number of ether oxygens (including phenoxy) is 3. The Morgan fingerprint density at radius 3 is 2.00 bits per heavy atom. The minimum absolute atomic E-state index is 0. The molecular weight excluding hydrogens is 966 g/mol. The molecule has 7 rings (SSSR count). The standard InChI is InChI=1S/C47H67N17O8.ClH/c1-4-21-70-23-25-72-26-24-71-22-12-50-45-52-46(61-17-13-59(14-18-61)43(68)39(10-11-41(66)67)63-29-37(55-57-63)35(48)31-65)54-47(53-45)62-19-15-60(16-20-62)44(69)40(28-34-27-33-8-6-7-9-36(33)51-34)64-30-38(56-58-64)42(49)32(3)5-2;/h1,6-9,27,29-30,32,35,39-40,42,51,65H,5,10-26,28,31,48-49H2,2-3H3,(H,66,67)(H,50,52,53,54);1H/t32-,35?,39+,40-,42?;/m1./s1. The number of halogens is 1. The first-order valence-corrected chi connectivity index (χ1v) is 24.4. The number of carboxylic acids is 1. The van der Waals surface area contributed by atoms with Crippen LogP contribution in [-0.2, 0) is 35.0 Å². The van der Waals surface area contributed by atoms with E-state index in [9.17, 15) is 24.6 Å². The number of rotatable bonds is 27. The van der Waals surface area contributed by atoms with Gasteiger partial charge < -0.3 is 65.8 Å². The average molecular weight is 1030 g/mol. The number of hydrogen-bond donors (Lipinski definition) is 6. The smallest absolute Gasteiger partial charge is 0.303 e. The largest absolute Gasteiger partial charge is 0.481 e. The van der Waals surface area contributed by atoms with Gasteiger partial charge in [-0.2, -0.15) is 15.0 Å². The maximum Gasteiger partial charge on any atom is 0.303 e. The third-order valence-electron chi connectivity index (χ3n) is 12.9. The normalized spacial score (nSPS) is 16.1. The second kappa shape index (κ2) is 27.5. The lowest BCUT2D eigenvalue weighted by Gasteiger charge is -2.38. The van der Waals surface area contributed by atoms with Crippen LogP contribution in [0.5, 0.6) is 0 Å². The molecule has 25 nitrogen and oxygen atoms in total. The molecule has 2 saturated heterocycles. The highest BCUT2D eigenvalue weighted by molar-refractivity contribution is 5.85. The third kappa shape index (κ3) is 15.0. The number of aliphatic carboxylic acids is 1. The molecule has 2 aliphatic rings. The van der Waals surface area contributed by atoms with Crippen LogP contribution in [-0.4, -0.2) is 193 Å². The molecule has 396 valence electrons. The van der Waals surface area contributed by atoms with Gasteiger partial charge >= 0.3 is 5.97 Å². The van der Waals surface area contributed by atoms with Crippen molar-refractivity contribution in [1.29, 1.82) is 0 Å². The molecule has 0 radical (unpaired) electrons. The number of carbonyl (C=O) groups is 3. The van der Waals surface area contributed by atoms with Crippen LogP contribution in [0.3, 0.4) is 0 Å². The molecule has 73 heavy (non-hydrogen) atoms. The minimum Gasteiger partial charge on any atom is -0.481 e. The van der Waals surface area contributed by atoms with Gasteiger partial charge in [0.05, 0.1) is 69.8 Å². The number of nitrogens with one attached hydrogen (secondary N) is 2. The van der Waals surface area contributed by atoms with Gasteiger partial charge in [-0.3, -0.25) is 14.4 Å². The molecule has 4 aromatic heterocycles. The second-order valence-corrected chi connectivity index (χ2v) is 17.8. The Bertz CT molecular complexity index is 2540. The molecule has 0 saturated carbocycles. The predicted molar refractivity (Wildman–Crippen MR) is 272 cm³/mol. The number of hydrogen-bond acceptors (Lipinski definition) is 19.